The Morgan fingerprint density at radius 2 is 1.86 bits per heavy atom. The number of aryl methyl sites for hydroxylation is 3. The molecule has 4 heteroatoms. The molecular formula is C18H22N4. The minimum absolute atomic E-state index is 0.430. The maximum Gasteiger partial charge on any atom is 0.156 e. The summed E-state index contributed by atoms with van der Waals surface area (Å²) in [5.41, 5.74) is 8.11. The number of pyridine rings is 1. The van der Waals surface area contributed by atoms with Crippen molar-refractivity contribution in [2.75, 3.05) is 0 Å². The van der Waals surface area contributed by atoms with Crippen molar-refractivity contribution in [1.29, 1.82) is 0 Å². The molecule has 0 aromatic carbocycles. The molecule has 0 bridgehead atoms. The molecule has 0 aliphatic heterocycles. The quantitative estimate of drug-likeness (QED) is 0.782. The van der Waals surface area contributed by atoms with E-state index in [0.29, 0.717) is 5.92 Å². The van der Waals surface area contributed by atoms with Crippen LogP contribution in [0.1, 0.15) is 49.3 Å². The van der Waals surface area contributed by atoms with Gasteiger partial charge in [0.1, 0.15) is 5.52 Å². The Bertz CT molecular complexity index is 830. The van der Waals surface area contributed by atoms with Crippen LogP contribution in [0.15, 0.2) is 18.3 Å². The zero-order chi connectivity index (χ0) is 15.9. The Morgan fingerprint density at radius 1 is 1.09 bits per heavy atom. The van der Waals surface area contributed by atoms with E-state index in [2.05, 4.69) is 51.7 Å². The Kier molecular flexibility index (Phi) is 3.69. The van der Waals surface area contributed by atoms with Crippen molar-refractivity contribution in [2.45, 2.75) is 47.0 Å². The predicted molar refractivity (Wildman–Crippen MR) is 90.1 cm³/mol. The molecule has 3 aromatic rings. The van der Waals surface area contributed by atoms with Crippen LogP contribution in [0.5, 0.6) is 0 Å². The maximum atomic E-state index is 4.88. The number of aromatic amines is 1. The zero-order valence-corrected chi connectivity index (χ0v) is 13.9. The summed E-state index contributed by atoms with van der Waals surface area (Å²) in [4.78, 5) is 17.6. The number of hydrogen-bond acceptors (Lipinski definition) is 3. The minimum Gasteiger partial charge on any atom is -0.345 e. The molecule has 114 valence electrons. The lowest BCUT2D eigenvalue weighted by atomic mass is 10.0. The molecule has 0 aliphatic rings. The molecule has 1 N–H and O–H groups in total. The molecule has 0 radical (unpaired) electrons. The largest absolute Gasteiger partial charge is 0.345 e. The third-order valence-electron chi connectivity index (χ3n) is 4.06. The second-order valence-electron chi connectivity index (χ2n) is 6.07. The summed E-state index contributed by atoms with van der Waals surface area (Å²) in [6.07, 6.45) is 2.81. The monoisotopic (exact) mass is 294 g/mol. The number of nitrogens with one attached hydrogen (secondary N) is 1. The van der Waals surface area contributed by atoms with Crippen LogP contribution in [-0.4, -0.2) is 19.9 Å². The molecule has 0 saturated heterocycles. The fraction of sp³-hybridized carbons (Fsp3) is 0.389. The highest BCUT2D eigenvalue weighted by Crippen LogP contribution is 2.28. The second-order valence-corrected chi connectivity index (χ2v) is 6.07. The van der Waals surface area contributed by atoms with Gasteiger partial charge < -0.3 is 4.98 Å². The minimum atomic E-state index is 0.430. The van der Waals surface area contributed by atoms with E-state index in [1.807, 2.05) is 6.20 Å². The highest BCUT2D eigenvalue weighted by atomic mass is 14.9. The Morgan fingerprint density at radius 3 is 2.50 bits per heavy atom. The molecule has 0 aliphatic carbocycles. The van der Waals surface area contributed by atoms with Crippen molar-refractivity contribution < 1.29 is 0 Å². The second kappa shape index (κ2) is 5.52. The van der Waals surface area contributed by atoms with Gasteiger partial charge in [-0.05, 0) is 43.9 Å². The molecule has 3 rings (SSSR count). The number of fused-ring (bicyclic) bond motifs is 1. The third-order valence-corrected chi connectivity index (χ3v) is 4.06. The lowest BCUT2D eigenvalue weighted by Crippen LogP contribution is -2.02. The zero-order valence-electron chi connectivity index (χ0n) is 13.9. The average molecular weight is 294 g/mol. The highest BCUT2D eigenvalue weighted by molar-refractivity contribution is 5.79. The van der Waals surface area contributed by atoms with Gasteiger partial charge in [-0.2, -0.15) is 0 Å². The van der Waals surface area contributed by atoms with E-state index >= 15 is 0 Å². The van der Waals surface area contributed by atoms with Crippen molar-refractivity contribution in [2.24, 2.45) is 0 Å². The van der Waals surface area contributed by atoms with Crippen molar-refractivity contribution in [1.82, 2.24) is 19.9 Å². The Labute approximate surface area is 131 Å². The molecule has 0 saturated carbocycles. The molecule has 0 spiro atoms. The average Bonchev–Trinajstić information content (AvgIpc) is 2.86. The van der Waals surface area contributed by atoms with Crippen LogP contribution in [0.3, 0.4) is 0 Å². The fourth-order valence-electron chi connectivity index (χ4n) is 2.71. The van der Waals surface area contributed by atoms with Gasteiger partial charge in [-0.25, -0.2) is 9.97 Å². The van der Waals surface area contributed by atoms with Gasteiger partial charge >= 0.3 is 0 Å². The van der Waals surface area contributed by atoms with Gasteiger partial charge in [0, 0.05) is 23.1 Å². The Balaban J connectivity index is 2.22. The van der Waals surface area contributed by atoms with Crippen LogP contribution in [0.25, 0.3) is 22.4 Å². The summed E-state index contributed by atoms with van der Waals surface area (Å²) in [6.45, 7) is 10.5. The van der Waals surface area contributed by atoms with Crippen LogP contribution >= 0.6 is 0 Å². The first kappa shape index (κ1) is 14.7. The summed E-state index contributed by atoms with van der Waals surface area (Å²) in [7, 11) is 0. The van der Waals surface area contributed by atoms with Crippen LogP contribution in [0, 0.1) is 13.8 Å². The van der Waals surface area contributed by atoms with Crippen molar-refractivity contribution in [3.63, 3.8) is 0 Å². The normalized spacial score (nSPS) is 11.5. The van der Waals surface area contributed by atoms with E-state index in [4.69, 9.17) is 15.0 Å². The van der Waals surface area contributed by atoms with E-state index in [-0.39, 0.29) is 0 Å². The van der Waals surface area contributed by atoms with E-state index in [1.54, 1.807) is 0 Å². The number of rotatable bonds is 3. The third kappa shape index (κ3) is 2.39. The summed E-state index contributed by atoms with van der Waals surface area (Å²) >= 11 is 0. The van der Waals surface area contributed by atoms with Crippen LogP contribution in [0.2, 0.25) is 0 Å². The van der Waals surface area contributed by atoms with Gasteiger partial charge in [-0.15, -0.1) is 0 Å². The first-order valence-corrected chi connectivity index (χ1v) is 7.83. The molecule has 0 amide bonds. The van der Waals surface area contributed by atoms with Gasteiger partial charge in [-0.1, -0.05) is 20.8 Å². The highest BCUT2D eigenvalue weighted by Gasteiger charge is 2.15. The molecule has 0 atom stereocenters. The summed E-state index contributed by atoms with van der Waals surface area (Å²) < 4.78 is 0. The number of hydrogen-bond donors (Lipinski definition) is 1. The van der Waals surface area contributed by atoms with Gasteiger partial charge in [0.25, 0.3) is 0 Å². The Hall–Kier alpha value is -2.23. The summed E-state index contributed by atoms with van der Waals surface area (Å²) in [5, 5.41) is 0. The SMILES string of the molecule is CCc1nc2[nH]cc(C)c2nc1-c1ccc(C(C)C)nc1C. The predicted octanol–water partition coefficient (Wildman–Crippen LogP) is 4.32. The summed E-state index contributed by atoms with van der Waals surface area (Å²) in [5.74, 6) is 0.430. The van der Waals surface area contributed by atoms with E-state index in [9.17, 15) is 0 Å². The van der Waals surface area contributed by atoms with Crippen molar-refractivity contribution in [3.05, 3.63) is 41.0 Å². The number of nitrogens with zero attached hydrogens (tertiary/aromatic N) is 3. The molecule has 22 heavy (non-hydrogen) atoms. The maximum absolute atomic E-state index is 4.88. The van der Waals surface area contributed by atoms with E-state index in [1.165, 1.54) is 0 Å². The number of aromatic nitrogens is 4. The molecule has 3 heterocycles. The van der Waals surface area contributed by atoms with Crippen molar-refractivity contribution >= 4 is 11.2 Å². The number of H-pyrrole nitrogens is 1. The first-order valence-electron chi connectivity index (χ1n) is 7.83. The molecule has 0 unspecified atom stereocenters. The van der Waals surface area contributed by atoms with Gasteiger partial charge in [0.15, 0.2) is 5.65 Å². The van der Waals surface area contributed by atoms with Gasteiger partial charge in [0.2, 0.25) is 0 Å². The van der Waals surface area contributed by atoms with E-state index < -0.39 is 0 Å². The smallest absolute Gasteiger partial charge is 0.156 e. The van der Waals surface area contributed by atoms with Gasteiger partial charge in [-0.3, -0.25) is 4.98 Å². The standard InChI is InChI=1S/C18H22N4/c1-6-14-17(22-16-11(4)9-19-18(16)21-14)13-7-8-15(10(2)3)20-12(13)5/h7-10H,6H2,1-5H3,(H,19,21). The topological polar surface area (TPSA) is 54.5 Å². The summed E-state index contributed by atoms with van der Waals surface area (Å²) in [6, 6.07) is 4.23. The fourth-order valence-corrected chi connectivity index (χ4v) is 2.71. The van der Waals surface area contributed by atoms with Crippen LogP contribution < -0.4 is 0 Å². The lowest BCUT2D eigenvalue weighted by Gasteiger charge is -2.12. The molecule has 3 aromatic heterocycles. The molecular weight excluding hydrogens is 272 g/mol. The lowest BCUT2D eigenvalue weighted by molar-refractivity contribution is 0.816. The molecule has 4 nitrogen and oxygen atoms in total. The van der Waals surface area contributed by atoms with E-state index in [0.717, 1.165) is 51.5 Å². The van der Waals surface area contributed by atoms with Crippen LogP contribution in [0.4, 0.5) is 0 Å². The molecule has 0 fully saturated rings. The van der Waals surface area contributed by atoms with Gasteiger partial charge in [0.05, 0.1) is 11.4 Å². The van der Waals surface area contributed by atoms with Crippen molar-refractivity contribution in [3.8, 4) is 11.3 Å². The van der Waals surface area contributed by atoms with Crippen LogP contribution in [-0.2, 0) is 6.42 Å². The first-order chi connectivity index (χ1) is 10.5.